The average molecular weight is 218 g/mol. The molecule has 1 nitrogen and oxygen atoms in total. The van der Waals surface area contributed by atoms with Crippen molar-refractivity contribution in [1.82, 2.24) is 0 Å². The second kappa shape index (κ2) is 5.05. The van der Waals surface area contributed by atoms with Gasteiger partial charge in [-0.1, -0.05) is 25.5 Å². The smallest absolute Gasteiger partial charge is 0.422 e. The van der Waals surface area contributed by atoms with E-state index in [0.29, 0.717) is 0 Å². The van der Waals surface area contributed by atoms with Crippen molar-refractivity contribution >= 4 is 0 Å². The molecular formula is C11H13F3O. The van der Waals surface area contributed by atoms with Crippen LogP contribution in [0.25, 0.3) is 0 Å². The molecule has 84 valence electrons. The maximum absolute atomic E-state index is 11.9. The topological polar surface area (TPSA) is 9.23 Å². The number of hydrogen-bond donors (Lipinski definition) is 0. The van der Waals surface area contributed by atoms with Gasteiger partial charge in [0.2, 0.25) is 0 Å². The standard InChI is InChI=1S/C11H13F3O/c1-2-4-9-5-3-6-10(7-9)15-8-11(12,13)14/h3,5-7H,2,4,8H2,1H3. The Bertz CT molecular complexity index is 307. The molecule has 0 amide bonds. The van der Waals surface area contributed by atoms with Gasteiger partial charge in [0.1, 0.15) is 5.75 Å². The molecular weight excluding hydrogens is 205 g/mol. The van der Waals surface area contributed by atoms with Crippen molar-refractivity contribution in [3.8, 4) is 5.75 Å². The summed E-state index contributed by atoms with van der Waals surface area (Å²) in [5.74, 6) is 0.276. The minimum absolute atomic E-state index is 0.276. The minimum Gasteiger partial charge on any atom is -0.484 e. The van der Waals surface area contributed by atoms with Crippen LogP contribution in [0.5, 0.6) is 5.75 Å². The van der Waals surface area contributed by atoms with Crippen molar-refractivity contribution < 1.29 is 17.9 Å². The zero-order valence-corrected chi connectivity index (χ0v) is 8.47. The van der Waals surface area contributed by atoms with Gasteiger partial charge >= 0.3 is 6.18 Å². The molecule has 4 heteroatoms. The van der Waals surface area contributed by atoms with E-state index >= 15 is 0 Å². The highest BCUT2D eigenvalue weighted by Crippen LogP contribution is 2.19. The maximum Gasteiger partial charge on any atom is 0.422 e. The number of alkyl halides is 3. The summed E-state index contributed by atoms with van der Waals surface area (Å²) in [6, 6.07) is 6.76. The minimum atomic E-state index is -4.28. The highest BCUT2D eigenvalue weighted by molar-refractivity contribution is 5.28. The van der Waals surface area contributed by atoms with E-state index in [-0.39, 0.29) is 5.75 Å². The fourth-order valence-corrected chi connectivity index (χ4v) is 1.24. The van der Waals surface area contributed by atoms with E-state index < -0.39 is 12.8 Å². The number of hydrogen-bond acceptors (Lipinski definition) is 1. The van der Waals surface area contributed by atoms with Crippen LogP contribution >= 0.6 is 0 Å². The molecule has 0 spiro atoms. The van der Waals surface area contributed by atoms with Crippen LogP contribution in [0.4, 0.5) is 13.2 Å². The lowest BCUT2D eigenvalue weighted by Gasteiger charge is -2.09. The average Bonchev–Trinajstić information content (AvgIpc) is 2.15. The molecule has 1 aromatic rings. The van der Waals surface area contributed by atoms with Crippen LogP contribution in [0.2, 0.25) is 0 Å². The van der Waals surface area contributed by atoms with Gasteiger partial charge in [0.05, 0.1) is 0 Å². The highest BCUT2D eigenvalue weighted by atomic mass is 19.4. The van der Waals surface area contributed by atoms with Crippen molar-refractivity contribution in [3.05, 3.63) is 29.8 Å². The largest absolute Gasteiger partial charge is 0.484 e. The van der Waals surface area contributed by atoms with Gasteiger partial charge in [0.15, 0.2) is 6.61 Å². The Balaban J connectivity index is 2.57. The molecule has 1 aromatic carbocycles. The van der Waals surface area contributed by atoms with Crippen LogP contribution in [-0.4, -0.2) is 12.8 Å². The predicted octanol–water partition coefficient (Wildman–Crippen LogP) is 3.58. The van der Waals surface area contributed by atoms with Gasteiger partial charge in [-0.15, -0.1) is 0 Å². The fourth-order valence-electron chi connectivity index (χ4n) is 1.24. The SMILES string of the molecule is CCCc1cccc(OCC(F)(F)F)c1. The molecule has 0 bridgehead atoms. The zero-order chi connectivity index (χ0) is 11.3. The molecule has 0 fully saturated rings. The zero-order valence-electron chi connectivity index (χ0n) is 8.47. The fraction of sp³-hybridized carbons (Fsp3) is 0.455. The molecule has 15 heavy (non-hydrogen) atoms. The summed E-state index contributed by atoms with van der Waals surface area (Å²) in [5.41, 5.74) is 0.997. The summed E-state index contributed by atoms with van der Waals surface area (Å²) < 4.78 is 40.2. The van der Waals surface area contributed by atoms with Crippen LogP contribution in [0, 0.1) is 0 Å². The third-order valence-corrected chi connectivity index (χ3v) is 1.84. The molecule has 0 aromatic heterocycles. The predicted molar refractivity (Wildman–Crippen MR) is 52.0 cm³/mol. The van der Waals surface area contributed by atoms with E-state index in [9.17, 15) is 13.2 Å². The van der Waals surface area contributed by atoms with Crippen molar-refractivity contribution in [2.45, 2.75) is 25.9 Å². The number of aryl methyl sites for hydroxylation is 1. The summed E-state index contributed by atoms with van der Waals surface area (Å²) >= 11 is 0. The quantitative estimate of drug-likeness (QED) is 0.750. The lowest BCUT2D eigenvalue weighted by molar-refractivity contribution is -0.153. The van der Waals surface area contributed by atoms with Crippen molar-refractivity contribution in [2.24, 2.45) is 0 Å². The van der Waals surface area contributed by atoms with Crippen LogP contribution in [0.1, 0.15) is 18.9 Å². The van der Waals surface area contributed by atoms with E-state index in [1.807, 2.05) is 13.0 Å². The molecule has 0 aliphatic heterocycles. The van der Waals surface area contributed by atoms with Gasteiger partial charge < -0.3 is 4.74 Å². The van der Waals surface area contributed by atoms with Crippen LogP contribution < -0.4 is 4.74 Å². The van der Waals surface area contributed by atoms with Gasteiger partial charge in [-0.25, -0.2) is 0 Å². The Morgan fingerprint density at radius 3 is 2.60 bits per heavy atom. The Kier molecular flexibility index (Phi) is 4.00. The first-order chi connectivity index (χ1) is 7.01. The molecule has 0 saturated carbocycles. The summed E-state index contributed by atoms with van der Waals surface area (Å²) in [6.07, 6.45) is -2.47. The van der Waals surface area contributed by atoms with Gasteiger partial charge in [0, 0.05) is 0 Å². The normalized spacial score (nSPS) is 11.5. The second-order valence-electron chi connectivity index (χ2n) is 3.30. The summed E-state index contributed by atoms with van der Waals surface area (Å²) in [6.45, 7) is 0.784. The van der Waals surface area contributed by atoms with E-state index in [2.05, 4.69) is 4.74 Å². The number of rotatable bonds is 4. The first-order valence-electron chi connectivity index (χ1n) is 4.80. The molecule has 0 unspecified atom stereocenters. The van der Waals surface area contributed by atoms with E-state index in [1.54, 1.807) is 12.1 Å². The maximum atomic E-state index is 11.9. The molecule has 0 aliphatic rings. The van der Waals surface area contributed by atoms with Crippen LogP contribution in [0.3, 0.4) is 0 Å². The van der Waals surface area contributed by atoms with Crippen molar-refractivity contribution in [1.29, 1.82) is 0 Å². The molecule has 0 atom stereocenters. The molecule has 0 saturated heterocycles. The summed E-state index contributed by atoms with van der Waals surface area (Å²) in [5, 5.41) is 0. The molecule has 0 heterocycles. The first-order valence-corrected chi connectivity index (χ1v) is 4.80. The lowest BCUT2D eigenvalue weighted by atomic mass is 10.1. The monoisotopic (exact) mass is 218 g/mol. The van der Waals surface area contributed by atoms with E-state index in [0.717, 1.165) is 18.4 Å². The molecule has 0 aliphatic carbocycles. The van der Waals surface area contributed by atoms with Crippen molar-refractivity contribution in [3.63, 3.8) is 0 Å². The van der Waals surface area contributed by atoms with Crippen LogP contribution in [-0.2, 0) is 6.42 Å². The number of ether oxygens (including phenoxy) is 1. The molecule has 1 rings (SSSR count). The highest BCUT2D eigenvalue weighted by Gasteiger charge is 2.28. The lowest BCUT2D eigenvalue weighted by Crippen LogP contribution is -2.19. The third kappa shape index (κ3) is 4.72. The summed E-state index contributed by atoms with van der Waals surface area (Å²) in [7, 11) is 0. The van der Waals surface area contributed by atoms with Crippen LogP contribution in [0.15, 0.2) is 24.3 Å². The Morgan fingerprint density at radius 2 is 2.00 bits per heavy atom. The number of benzene rings is 1. The van der Waals surface area contributed by atoms with Gasteiger partial charge in [-0.2, -0.15) is 13.2 Å². The summed E-state index contributed by atoms with van der Waals surface area (Å²) in [4.78, 5) is 0. The van der Waals surface area contributed by atoms with Crippen molar-refractivity contribution in [2.75, 3.05) is 6.61 Å². The first kappa shape index (κ1) is 11.9. The van der Waals surface area contributed by atoms with E-state index in [4.69, 9.17) is 0 Å². The Labute approximate surface area is 86.9 Å². The van der Waals surface area contributed by atoms with Gasteiger partial charge in [0.25, 0.3) is 0 Å². The Hall–Kier alpha value is -1.19. The van der Waals surface area contributed by atoms with Gasteiger partial charge in [-0.3, -0.25) is 0 Å². The number of halogens is 3. The van der Waals surface area contributed by atoms with E-state index in [1.165, 1.54) is 6.07 Å². The molecule has 0 N–H and O–H groups in total. The van der Waals surface area contributed by atoms with Gasteiger partial charge in [-0.05, 0) is 24.1 Å². The second-order valence-corrected chi connectivity index (χ2v) is 3.30. The molecule has 0 radical (unpaired) electrons. The Morgan fingerprint density at radius 1 is 1.27 bits per heavy atom. The third-order valence-electron chi connectivity index (χ3n) is 1.84.